The van der Waals surface area contributed by atoms with Crippen LogP contribution in [-0.2, 0) is 4.84 Å². The van der Waals surface area contributed by atoms with Gasteiger partial charge in [-0.3, -0.25) is 0 Å². The molecule has 14 heavy (non-hydrogen) atoms. The van der Waals surface area contributed by atoms with E-state index < -0.39 is 0 Å². The smallest absolute Gasteiger partial charge is 0.158 e. The SMILES string of the molecule is C=C(O/N=C(\C)CSI)c1ccsc1. The van der Waals surface area contributed by atoms with E-state index in [4.69, 9.17) is 4.84 Å². The van der Waals surface area contributed by atoms with Crippen molar-refractivity contribution in [2.75, 3.05) is 5.75 Å². The Morgan fingerprint density at radius 3 is 3.14 bits per heavy atom. The summed E-state index contributed by atoms with van der Waals surface area (Å²) in [5.74, 6) is 1.47. The van der Waals surface area contributed by atoms with Crippen molar-refractivity contribution in [1.29, 1.82) is 0 Å². The van der Waals surface area contributed by atoms with Crippen molar-refractivity contribution in [2.45, 2.75) is 6.92 Å². The Bertz CT molecular complexity index is 322. The van der Waals surface area contributed by atoms with Crippen LogP contribution < -0.4 is 0 Å². The van der Waals surface area contributed by atoms with Gasteiger partial charge in [0.15, 0.2) is 5.76 Å². The normalized spacial score (nSPS) is 11.4. The average Bonchev–Trinajstić information content (AvgIpc) is 2.67. The first kappa shape index (κ1) is 12.1. The van der Waals surface area contributed by atoms with Crippen LogP contribution in [0.4, 0.5) is 0 Å². The topological polar surface area (TPSA) is 21.6 Å². The maximum absolute atomic E-state index is 5.18. The minimum absolute atomic E-state index is 0.601. The second-order valence-corrected chi connectivity index (χ2v) is 5.76. The highest BCUT2D eigenvalue weighted by molar-refractivity contribution is 14.2. The van der Waals surface area contributed by atoms with Gasteiger partial charge < -0.3 is 4.84 Å². The van der Waals surface area contributed by atoms with Gasteiger partial charge in [0.1, 0.15) is 0 Å². The largest absolute Gasteiger partial charge is 0.357 e. The molecule has 0 atom stereocenters. The van der Waals surface area contributed by atoms with E-state index in [2.05, 4.69) is 32.9 Å². The number of rotatable bonds is 5. The predicted octanol–water partition coefficient (Wildman–Crippen LogP) is 4.19. The summed E-state index contributed by atoms with van der Waals surface area (Å²) in [4.78, 5) is 5.18. The molecule has 0 aliphatic carbocycles. The minimum Gasteiger partial charge on any atom is -0.357 e. The molecule has 0 aliphatic rings. The van der Waals surface area contributed by atoms with Crippen LogP contribution >= 0.6 is 41.5 Å². The van der Waals surface area contributed by atoms with Crippen molar-refractivity contribution in [3.8, 4) is 0 Å². The van der Waals surface area contributed by atoms with Crippen LogP contribution in [0.1, 0.15) is 12.5 Å². The van der Waals surface area contributed by atoms with Crippen molar-refractivity contribution in [2.24, 2.45) is 5.16 Å². The molecule has 76 valence electrons. The number of hydrogen-bond donors (Lipinski definition) is 0. The molecule has 0 saturated heterocycles. The molecule has 1 rings (SSSR count). The Labute approximate surface area is 104 Å². The molecule has 0 aromatic carbocycles. The molecule has 0 N–H and O–H groups in total. The zero-order chi connectivity index (χ0) is 10.4. The molecule has 0 bridgehead atoms. The Kier molecular flexibility index (Phi) is 5.57. The molecule has 1 aromatic rings. The first-order valence-electron chi connectivity index (χ1n) is 3.89. The van der Waals surface area contributed by atoms with Gasteiger partial charge in [-0.05, 0) is 39.6 Å². The monoisotopic (exact) mass is 339 g/mol. The molecule has 0 radical (unpaired) electrons. The van der Waals surface area contributed by atoms with Crippen molar-refractivity contribution < 1.29 is 4.84 Å². The molecule has 0 amide bonds. The highest BCUT2D eigenvalue weighted by Crippen LogP contribution is 2.17. The zero-order valence-electron chi connectivity index (χ0n) is 7.70. The first-order valence-corrected chi connectivity index (χ1v) is 8.36. The van der Waals surface area contributed by atoms with Crippen molar-refractivity contribution in [3.05, 3.63) is 29.0 Å². The summed E-state index contributed by atoms with van der Waals surface area (Å²) in [5.41, 5.74) is 1.95. The van der Waals surface area contributed by atoms with E-state index in [9.17, 15) is 0 Å². The Morgan fingerprint density at radius 1 is 1.79 bits per heavy atom. The van der Waals surface area contributed by atoms with Crippen LogP contribution in [-0.4, -0.2) is 11.5 Å². The number of thiophene rings is 1. The standard InChI is InChI=1S/C9H10INOS2/c1-7(5-14-10)11-12-8(2)9-3-4-13-6-9/h3-4,6H,2,5H2,1H3/b11-7+. The molecule has 1 heterocycles. The number of halogens is 1. The van der Waals surface area contributed by atoms with E-state index >= 15 is 0 Å². The lowest BCUT2D eigenvalue weighted by atomic mass is 10.3. The lowest BCUT2D eigenvalue weighted by Gasteiger charge is -2.01. The molecule has 0 saturated carbocycles. The van der Waals surface area contributed by atoms with Gasteiger partial charge in [-0.25, -0.2) is 0 Å². The van der Waals surface area contributed by atoms with Gasteiger partial charge in [0.2, 0.25) is 0 Å². The van der Waals surface area contributed by atoms with Crippen LogP contribution in [0, 0.1) is 0 Å². The van der Waals surface area contributed by atoms with E-state index in [1.807, 2.05) is 23.8 Å². The third kappa shape index (κ3) is 4.02. The van der Waals surface area contributed by atoms with Gasteiger partial charge in [0.25, 0.3) is 0 Å². The molecular weight excluding hydrogens is 329 g/mol. The maximum atomic E-state index is 5.18. The van der Waals surface area contributed by atoms with Crippen LogP contribution in [0.2, 0.25) is 0 Å². The Balaban J connectivity index is 2.46. The zero-order valence-corrected chi connectivity index (χ0v) is 11.5. The quantitative estimate of drug-likeness (QED) is 0.347. The maximum Gasteiger partial charge on any atom is 0.158 e. The van der Waals surface area contributed by atoms with E-state index in [1.54, 1.807) is 20.3 Å². The van der Waals surface area contributed by atoms with Crippen LogP contribution in [0.5, 0.6) is 0 Å². The summed E-state index contributed by atoms with van der Waals surface area (Å²) in [7, 11) is 1.69. The fraction of sp³-hybridized carbons (Fsp3) is 0.222. The van der Waals surface area contributed by atoms with Gasteiger partial charge in [0, 0.05) is 16.7 Å². The van der Waals surface area contributed by atoms with Gasteiger partial charge in [0.05, 0.1) is 5.71 Å². The molecule has 0 spiro atoms. The Morgan fingerprint density at radius 2 is 2.57 bits per heavy atom. The van der Waals surface area contributed by atoms with E-state index in [0.717, 1.165) is 17.0 Å². The fourth-order valence-corrected chi connectivity index (χ4v) is 2.94. The number of hydrogen-bond acceptors (Lipinski definition) is 4. The van der Waals surface area contributed by atoms with Crippen LogP contribution in [0.3, 0.4) is 0 Å². The van der Waals surface area contributed by atoms with Crippen LogP contribution in [0.25, 0.3) is 5.76 Å². The third-order valence-corrected chi connectivity index (χ3v) is 3.56. The lowest BCUT2D eigenvalue weighted by Crippen LogP contribution is -1.94. The third-order valence-electron chi connectivity index (χ3n) is 1.42. The Hall–Kier alpha value is -0.0100. The fourth-order valence-electron chi connectivity index (χ4n) is 0.714. The summed E-state index contributed by atoms with van der Waals surface area (Å²) in [6.07, 6.45) is 0. The molecule has 0 aliphatic heterocycles. The summed E-state index contributed by atoms with van der Waals surface area (Å²) in [6.45, 7) is 5.73. The van der Waals surface area contributed by atoms with E-state index in [0.29, 0.717) is 5.76 Å². The van der Waals surface area contributed by atoms with Crippen molar-refractivity contribution in [3.63, 3.8) is 0 Å². The molecule has 0 unspecified atom stereocenters. The first-order chi connectivity index (χ1) is 6.74. The molecule has 5 heteroatoms. The highest BCUT2D eigenvalue weighted by atomic mass is 127. The van der Waals surface area contributed by atoms with Gasteiger partial charge in [-0.15, -0.1) is 0 Å². The lowest BCUT2D eigenvalue weighted by molar-refractivity contribution is 0.299. The predicted molar refractivity (Wildman–Crippen MR) is 74.0 cm³/mol. The molecule has 1 aromatic heterocycles. The van der Waals surface area contributed by atoms with Gasteiger partial charge >= 0.3 is 0 Å². The summed E-state index contributed by atoms with van der Waals surface area (Å²) >= 11 is 3.85. The van der Waals surface area contributed by atoms with E-state index in [-0.39, 0.29) is 0 Å². The summed E-state index contributed by atoms with van der Waals surface area (Å²) in [5, 5.41) is 7.94. The van der Waals surface area contributed by atoms with Crippen LogP contribution in [0.15, 0.2) is 28.6 Å². The molecule has 2 nitrogen and oxygen atoms in total. The summed E-state index contributed by atoms with van der Waals surface area (Å²) in [6, 6.07) is 1.96. The summed E-state index contributed by atoms with van der Waals surface area (Å²) < 4.78 is 0. The second-order valence-electron chi connectivity index (χ2n) is 2.61. The van der Waals surface area contributed by atoms with Gasteiger partial charge in [-0.1, -0.05) is 20.7 Å². The van der Waals surface area contributed by atoms with E-state index in [1.165, 1.54) is 0 Å². The second kappa shape index (κ2) is 6.47. The number of oxime groups is 1. The van der Waals surface area contributed by atoms with Crippen molar-refractivity contribution >= 4 is 52.9 Å². The molecule has 0 fully saturated rings. The van der Waals surface area contributed by atoms with Gasteiger partial charge in [-0.2, -0.15) is 11.3 Å². The molecular formula is C9H10INOS2. The number of nitrogens with zero attached hydrogens (tertiary/aromatic N) is 1. The highest BCUT2D eigenvalue weighted by Gasteiger charge is 1.99. The minimum atomic E-state index is 0.601. The van der Waals surface area contributed by atoms with Crippen molar-refractivity contribution in [1.82, 2.24) is 0 Å². The average molecular weight is 339 g/mol.